The van der Waals surface area contributed by atoms with E-state index in [1.165, 1.54) is 0 Å². The zero-order chi connectivity index (χ0) is 8.41. The van der Waals surface area contributed by atoms with Gasteiger partial charge in [0.1, 0.15) is 0 Å². The average Bonchev–Trinajstić information content (AvgIpc) is 1.57. The molecule has 78 valence electrons. The van der Waals surface area contributed by atoms with Crippen LogP contribution in [0.25, 0.3) is 0 Å². The third-order valence-electron chi connectivity index (χ3n) is 1.41. The summed E-state index contributed by atoms with van der Waals surface area (Å²) < 4.78 is 0. The summed E-state index contributed by atoms with van der Waals surface area (Å²) in [7, 11) is 0. The van der Waals surface area contributed by atoms with Gasteiger partial charge in [0.2, 0.25) is 0 Å². The minimum absolute atomic E-state index is 0. The second kappa shape index (κ2) is 6.03. The lowest BCUT2D eigenvalue weighted by Crippen LogP contribution is -2.38. The molecule has 0 rings (SSSR count). The topological polar surface area (TPSA) is 52.0 Å². The van der Waals surface area contributed by atoms with Gasteiger partial charge in [-0.2, -0.15) is 0 Å². The summed E-state index contributed by atoms with van der Waals surface area (Å²) in [5.41, 5.74) is 11.4. The summed E-state index contributed by atoms with van der Waals surface area (Å²) in [6.45, 7) is 8.11. The molecule has 2 nitrogen and oxygen atoms in total. The highest BCUT2D eigenvalue weighted by molar-refractivity contribution is 5.85. The van der Waals surface area contributed by atoms with Crippen molar-refractivity contribution in [2.24, 2.45) is 11.5 Å². The van der Waals surface area contributed by atoms with Gasteiger partial charge in [-0.05, 0) is 40.5 Å². The normalized spacial score (nSPS) is 11.5. The first-order valence-electron chi connectivity index (χ1n) is 3.78. The first-order chi connectivity index (χ1) is 4.21. The van der Waals surface area contributed by atoms with Crippen molar-refractivity contribution in [3.8, 4) is 0 Å². The molecule has 0 aromatic carbocycles. The molecule has 4 N–H and O–H groups in total. The van der Waals surface area contributed by atoms with E-state index in [2.05, 4.69) is 0 Å². The van der Waals surface area contributed by atoms with Crippen molar-refractivity contribution >= 4 is 24.8 Å². The maximum Gasteiger partial charge on any atom is 0.00977 e. The molecule has 0 aliphatic rings. The fraction of sp³-hybridized carbons (Fsp3) is 1.00. The Labute approximate surface area is 88.3 Å². The van der Waals surface area contributed by atoms with Gasteiger partial charge in [0.05, 0.1) is 0 Å². The maximum absolute atomic E-state index is 5.79. The Morgan fingerprint density at radius 1 is 0.750 bits per heavy atom. The third-order valence-corrected chi connectivity index (χ3v) is 1.41. The molecule has 0 fully saturated rings. The van der Waals surface area contributed by atoms with Crippen LogP contribution in [0.3, 0.4) is 0 Å². The molecular weight excluding hydrogens is 195 g/mol. The predicted octanol–water partition coefficient (Wildman–Crippen LogP) is 2.08. The van der Waals surface area contributed by atoms with Crippen molar-refractivity contribution in [3.63, 3.8) is 0 Å². The van der Waals surface area contributed by atoms with Crippen molar-refractivity contribution in [2.45, 2.75) is 51.6 Å². The van der Waals surface area contributed by atoms with Crippen LogP contribution in [-0.4, -0.2) is 11.1 Å². The first kappa shape index (κ1) is 18.3. The van der Waals surface area contributed by atoms with Gasteiger partial charge in [-0.1, -0.05) is 0 Å². The van der Waals surface area contributed by atoms with Crippen LogP contribution in [0.2, 0.25) is 0 Å². The van der Waals surface area contributed by atoms with Gasteiger partial charge in [0.15, 0.2) is 0 Å². The second-order valence-corrected chi connectivity index (χ2v) is 4.48. The van der Waals surface area contributed by atoms with Gasteiger partial charge in [-0.3, -0.25) is 0 Å². The Hall–Kier alpha value is 0.500. The van der Waals surface area contributed by atoms with E-state index in [1.807, 2.05) is 27.7 Å². The highest BCUT2D eigenvalue weighted by atomic mass is 35.5. The molecule has 0 aromatic heterocycles. The molecule has 0 aliphatic heterocycles. The third kappa shape index (κ3) is 16.8. The Balaban J connectivity index is -0.000000405. The average molecular weight is 217 g/mol. The van der Waals surface area contributed by atoms with Crippen LogP contribution in [0, 0.1) is 0 Å². The van der Waals surface area contributed by atoms with Gasteiger partial charge < -0.3 is 11.5 Å². The zero-order valence-corrected chi connectivity index (χ0v) is 10.0. The molecule has 12 heavy (non-hydrogen) atoms. The van der Waals surface area contributed by atoms with Crippen LogP contribution in [0.1, 0.15) is 40.5 Å². The van der Waals surface area contributed by atoms with Crippen LogP contribution in [-0.2, 0) is 0 Å². The molecule has 0 unspecified atom stereocenters. The standard InChI is InChI=1S/C8H20N2.2ClH/c1-7(2,9)5-6-8(3,4)10;;/h5-6,9-10H2,1-4H3;2*1H. The van der Waals surface area contributed by atoms with Gasteiger partial charge >= 0.3 is 0 Å². The van der Waals surface area contributed by atoms with Gasteiger partial charge in [-0.25, -0.2) is 0 Å². The first-order valence-corrected chi connectivity index (χ1v) is 3.78. The number of nitrogens with two attached hydrogens (primary N) is 2. The van der Waals surface area contributed by atoms with Crippen molar-refractivity contribution in [3.05, 3.63) is 0 Å². The van der Waals surface area contributed by atoms with E-state index in [9.17, 15) is 0 Å². The zero-order valence-electron chi connectivity index (χ0n) is 8.39. The largest absolute Gasteiger partial charge is 0.326 e. The molecule has 0 amide bonds. The lowest BCUT2D eigenvalue weighted by molar-refractivity contribution is 0.376. The monoisotopic (exact) mass is 216 g/mol. The highest BCUT2D eigenvalue weighted by Crippen LogP contribution is 2.14. The van der Waals surface area contributed by atoms with Crippen LogP contribution in [0.15, 0.2) is 0 Å². The van der Waals surface area contributed by atoms with E-state index in [0.29, 0.717) is 0 Å². The van der Waals surface area contributed by atoms with Crippen LogP contribution in [0.4, 0.5) is 0 Å². The van der Waals surface area contributed by atoms with Crippen molar-refractivity contribution in [1.29, 1.82) is 0 Å². The van der Waals surface area contributed by atoms with E-state index in [-0.39, 0.29) is 35.9 Å². The summed E-state index contributed by atoms with van der Waals surface area (Å²) in [6.07, 6.45) is 1.97. The fourth-order valence-corrected chi connectivity index (χ4v) is 0.644. The molecule has 4 heteroatoms. The molecule has 0 aromatic rings. The molecule has 0 aliphatic carbocycles. The number of hydrogen-bond acceptors (Lipinski definition) is 2. The summed E-state index contributed by atoms with van der Waals surface area (Å²) in [5.74, 6) is 0. The quantitative estimate of drug-likeness (QED) is 0.760. The Bertz CT molecular complexity index is 88.6. The van der Waals surface area contributed by atoms with Crippen LogP contribution < -0.4 is 11.5 Å². The number of halogens is 2. The van der Waals surface area contributed by atoms with Crippen molar-refractivity contribution in [2.75, 3.05) is 0 Å². The summed E-state index contributed by atoms with van der Waals surface area (Å²) in [6, 6.07) is 0. The molecule has 0 spiro atoms. The van der Waals surface area contributed by atoms with Gasteiger partial charge in [0.25, 0.3) is 0 Å². The smallest absolute Gasteiger partial charge is 0.00977 e. The van der Waals surface area contributed by atoms with E-state index < -0.39 is 0 Å². The van der Waals surface area contributed by atoms with E-state index >= 15 is 0 Å². The minimum atomic E-state index is -0.0728. The van der Waals surface area contributed by atoms with Crippen molar-refractivity contribution < 1.29 is 0 Å². The van der Waals surface area contributed by atoms with Crippen molar-refractivity contribution in [1.82, 2.24) is 0 Å². The van der Waals surface area contributed by atoms with E-state index in [4.69, 9.17) is 11.5 Å². The Kier molecular flexibility index (Phi) is 9.20. The molecule has 0 saturated heterocycles. The molecular formula is C8H22Cl2N2. The fourth-order valence-electron chi connectivity index (χ4n) is 0.644. The lowest BCUT2D eigenvalue weighted by atomic mass is 9.91. The highest BCUT2D eigenvalue weighted by Gasteiger charge is 2.16. The summed E-state index contributed by atoms with van der Waals surface area (Å²) in [4.78, 5) is 0. The number of rotatable bonds is 3. The van der Waals surface area contributed by atoms with E-state index in [1.54, 1.807) is 0 Å². The maximum atomic E-state index is 5.79. The predicted molar refractivity (Wildman–Crippen MR) is 60.3 cm³/mol. The van der Waals surface area contributed by atoms with Gasteiger partial charge in [-0.15, -0.1) is 24.8 Å². The number of hydrogen-bond donors (Lipinski definition) is 2. The summed E-state index contributed by atoms with van der Waals surface area (Å²) >= 11 is 0. The lowest BCUT2D eigenvalue weighted by Gasteiger charge is -2.24. The molecule has 0 atom stereocenters. The summed E-state index contributed by atoms with van der Waals surface area (Å²) in [5, 5.41) is 0. The molecule has 0 heterocycles. The molecule has 0 bridgehead atoms. The second-order valence-electron chi connectivity index (χ2n) is 4.48. The van der Waals surface area contributed by atoms with Crippen LogP contribution in [0.5, 0.6) is 0 Å². The minimum Gasteiger partial charge on any atom is -0.326 e. The van der Waals surface area contributed by atoms with E-state index in [0.717, 1.165) is 12.8 Å². The van der Waals surface area contributed by atoms with Gasteiger partial charge in [0, 0.05) is 11.1 Å². The van der Waals surface area contributed by atoms with Crippen LogP contribution >= 0.6 is 24.8 Å². The Morgan fingerprint density at radius 2 is 0.917 bits per heavy atom. The SMILES string of the molecule is CC(C)(N)CCC(C)(C)N.Cl.Cl. The molecule has 0 saturated carbocycles. The molecule has 0 radical (unpaired) electrons. The Morgan fingerprint density at radius 3 is 1.00 bits per heavy atom.